The highest BCUT2D eigenvalue weighted by atomic mass is 35.5. The number of carbonyl (C=O) groups excluding carboxylic acids is 2. The van der Waals surface area contributed by atoms with Crippen molar-refractivity contribution < 1.29 is 14.0 Å². The van der Waals surface area contributed by atoms with E-state index in [-0.39, 0.29) is 23.7 Å². The molecule has 0 saturated carbocycles. The van der Waals surface area contributed by atoms with Gasteiger partial charge in [0.15, 0.2) is 0 Å². The lowest BCUT2D eigenvalue weighted by molar-refractivity contribution is -0.120. The lowest BCUT2D eigenvalue weighted by atomic mass is 10.2. The number of rotatable bonds is 5. The predicted molar refractivity (Wildman–Crippen MR) is 87.0 cm³/mol. The molecule has 0 bridgehead atoms. The number of halogens is 3. The predicted octanol–water partition coefficient (Wildman–Crippen LogP) is 3.18. The smallest absolute Gasteiger partial charge is 0.256 e. The summed E-state index contributed by atoms with van der Waals surface area (Å²) in [6.07, 6.45) is 0. The molecule has 0 saturated heterocycles. The summed E-state index contributed by atoms with van der Waals surface area (Å²) in [5.74, 6) is -1.92. The van der Waals surface area contributed by atoms with Crippen LogP contribution in [0.25, 0.3) is 0 Å². The molecule has 23 heavy (non-hydrogen) atoms. The second-order valence-electron chi connectivity index (χ2n) is 4.65. The van der Waals surface area contributed by atoms with E-state index in [1.165, 1.54) is 12.1 Å². The minimum absolute atomic E-state index is 0.0148. The first-order chi connectivity index (χ1) is 11.0. The van der Waals surface area contributed by atoms with Crippen LogP contribution in [0.4, 0.5) is 4.39 Å². The van der Waals surface area contributed by atoms with Gasteiger partial charge in [-0.2, -0.15) is 0 Å². The summed E-state index contributed by atoms with van der Waals surface area (Å²) in [5, 5.41) is 5.46. The van der Waals surface area contributed by atoms with Gasteiger partial charge in [0.05, 0.1) is 17.1 Å². The van der Waals surface area contributed by atoms with E-state index < -0.39 is 17.6 Å². The molecule has 4 nitrogen and oxygen atoms in total. The molecule has 2 aromatic carbocycles. The van der Waals surface area contributed by atoms with E-state index in [1.54, 1.807) is 24.3 Å². The Balaban J connectivity index is 1.87. The molecule has 0 heterocycles. The molecule has 120 valence electrons. The van der Waals surface area contributed by atoms with Crippen LogP contribution in [0.15, 0.2) is 42.5 Å². The van der Waals surface area contributed by atoms with Crippen molar-refractivity contribution in [1.82, 2.24) is 10.6 Å². The summed E-state index contributed by atoms with van der Waals surface area (Å²) >= 11 is 11.8. The molecule has 2 N–H and O–H groups in total. The lowest BCUT2D eigenvalue weighted by Crippen LogP contribution is -2.37. The van der Waals surface area contributed by atoms with Crippen molar-refractivity contribution in [2.24, 2.45) is 0 Å². The van der Waals surface area contributed by atoms with E-state index in [1.807, 2.05) is 0 Å². The molecule has 0 atom stereocenters. The normalized spacial score (nSPS) is 10.2. The SMILES string of the molecule is O=C(CNC(=O)c1c(F)cccc1Cl)NCc1ccccc1Cl. The average Bonchev–Trinajstić information content (AvgIpc) is 2.52. The summed E-state index contributed by atoms with van der Waals surface area (Å²) in [6.45, 7) is -0.0667. The van der Waals surface area contributed by atoms with Crippen molar-refractivity contribution in [2.45, 2.75) is 6.54 Å². The Hall–Kier alpha value is -2.11. The summed E-state index contributed by atoms with van der Waals surface area (Å²) in [6, 6.07) is 11.0. The van der Waals surface area contributed by atoms with E-state index in [0.29, 0.717) is 5.02 Å². The van der Waals surface area contributed by atoms with Crippen LogP contribution < -0.4 is 10.6 Å². The molecular weight excluding hydrogens is 342 g/mol. The minimum atomic E-state index is -0.749. The van der Waals surface area contributed by atoms with Gasteiger partial charge in [-0.15, -0.1) is 0 Å². The second-order valence-corrected chi connectivity index (χ2v) is 5.46. The molecule has 0 unspecified atom stereocenters. The van der Waals surface area contributed by atoms with Gasteiger partial charge < -0.3 is 10.6 Å². The van der Waals surface area contributed by atoms with Gasteiger partial charge in [0.2, 0.25) is 5.91 Å². The van der Waals surface area contributed by atoms with E-state index >= 15 is 0 Å². The van der Waals surface area contributed by atoms with Gasteiger partial charge in [-0.05, 0) is 23.8 Å². The van der Waals surface area contributed by atoms with Crippen molar-refractivity contribution in [3.05, 3.63) is 69.5 Å². The van der Waals surface area contributed by atoms with Gasteiger partial charge in [0.25, 0.3) is 5.91 Å². The van der Waals surface area contributed by atoms with Crippen LogP contribution in [0.1, 0.15) is 15.9 Å². The maximum absolute atomic E-state index is 13.6. The summed E-state index contributed by atoms with van der Waals surface area (Å²) in [5.41, 5.74) is 0.471. The largest absolute Gasteiger partial charge is 0.350 e. The summed E-state index contributed by atoms with van der Waals surface area (Å²) in [7, 11) is 0. The Morgan fingerprint density at radius 3 is 2.35 bits per heavy atom. The fourth-order valence-corrected chi connectivity index (χ4v) is 2.31. The number of carbonyl (C=O) groups is 2. The third-order valence-electron chi connectivity index (χ3n) is 3.03. The highest BCUT2D eigenvalue weighted by molar-refractivity contribution is 6.33. The molecular formula is C16H13Cl2FN2O2. The van der Waals surface area contributed by atoms with Gasteiger partial charge in [0, 0.05) is 11.6 Å². The first-order valence-corrected chi connectivity index (χ1v) is 7.47. The van der Waals surface area contributed by atoms with E-state index in [9.17, 15) is 14.0 Å². The topological polar surface area (TPSA) is 58.2 Å². The zero-order chi connectivity index (χ0) is 16.8. The van der Waals surface area contributed by atoms with Crippen LogP contribution in [0.2, 0.25) is 10.0 Å². The van der Waals surface area contributed by atoms with Crippen LogP contribution in [-0.4, -0.2) is 18.4 Å². The van der Waals surface area contributed by atoms with Crippen LogP contribution in [0.5, 0.6) is 0 Å². The van der Waals surface area contributed by atoms with Crippen LogP contribution in [0.3, 0.4) is 0 Å². The number of amides is 2. The van der Waals surface area contributed by atoms with Crippen molar-refractivity contribution in [3.63, 3.8) is 0 Å². The number of hydrogen-bond acceptors (Lipinski definition) is 2. The highest BCUT2D eigenvalue weighted by Crippen LogP contribution is 2.18. The highest BCUT2D eigenvalue weighted by Gasteiger charge is 2.16. The number of benzene rings is 2. The van der Waals surface area contributed by atoms with E-state index in [2.05, 4.69) is 10.6 Å². The Morgan fingerprint density at radius 1 is 0.957 bits per heavy atom. The van der Waals surface area contributed by atoms with Gasteiger partial charge in [-0.25, -0.2) is 4.39 Å². The van der Waals surface area contributed by atoms with Crippen LogP contribution in [-0.2, 0) is 11.3 Å². The van der Waals surface area contributed by atoms with E-state index in [0.717, 1.165) is 11.6 Å². The van der Waals surface area contributed by atoms with Gasteiger partial charge in [-0.3, -0.25) is 9.59 Å². The third-order valence-corrected chi connectivity index (χ3v) is 3.72. The van der Waals surface area contributed by atoms with Crippen molar-refractivity contribution >= 4 is 35.0 Å². The van der Waals surface area contributed by atoms with E-state index in [4.69, 9.17) is 23.2 Å². The Labute approximate surface area is 142 Å². The fraction of sp³-hybridized carbons (Fsp3) is 0.125. The Kier molecular flexibility index (Phi) is 5.96. The van der Waals surface area contributed by atoms with Gasteiger partial charge in [0.1, 0.15) is 5.82 Å². The average molecular weight is 355 g/mol. The first-order valence-electron chi connectivity index (χ1n) is 6.71. The fourth-order valence-electron chi connectivity index (χ4n) is 1.86. The van der Waals surface area contributed by atoms with Gasteiger partial charge >= 0.3 is 0 Å². The zero-order valence-electron chi connectivity index (χ0n) is 11.9. The Bertz CT molecular complexity index is 718. The van der Waals surface area contributed by atoms with Crippen molar-refractivity contribution in [1.29, 1.82) is 0 Å². The molecule has 7 heteroatoms. The number of hydrogen-bond donors (Lipinski definition) is 2. The molecule has 0 spiro atoms. The Morgan fingerprint density at radius 2 is 1.65 bits per heavy atom. The standard InChI is InChI=1S/C16H13Cl2FN2O2/c17-11-5-2-1-4-10(11)8-20-14(22)9-21-16(23)15-12(18)6-3-7-13(15)19/h1-7H,8-9H2,(H,20,22)(H,21,23). The molecule has 2 rings (SSSR count). The lowest BCUT2D eigenvalue weighted by Gasteiger charge is -2.09. The van der Waals surface area contributed by atoms with Crippen LogP contribution >= 0.6 is 23.2 Å². The first kappa shape index (κ1) is 17.2. The molecule has 2 aromatic rings. The van der Waals surface area contributed by atoms with Crippen molar-refractivity contribution in [2.75, 3.05) is 6.54 Å². The maximum Gasteiger partial charge on any atom is 0.256 e. The van der Waals surface area contributed by atoms with Gasteiger partial charge in [-0.1, -0.05) is 47.5 Å². The molecule has 0 aliphatic carbocycles. The zero-order valence-corrected chi connectivity index (χ0v) is 13.4. The van der Waals surface area contributed by atoms with Crippen LogP contribution in [0, 0.1) is 5.82 Å². The molecule has 2 amide bonds. The monoisotopic (exact) mass is 354 g/mol. The maximum atomic E-state index is 13.6. The molecule has 0 aromatic heterocycles. The summed E-state index contributed by atoms with van der Waals surface area (Å²) in [4.78, 5) is 23.6. The molecule has 0 fully saturated rings. The molecule has 0 radical (unpaired) electrons. The second kappa shape index (κ2) is 7.94. The summed E-state index contributed by atoms with van der Waals surface area (Å²) < 4.78 is 13.6. The minimum Gasteiger partial charge on any atom is -0.350 e. The molecule has 0 aliphatic heterocycles. The van der Waals surface area contributed by atoms with Crippen molar-refractivity contribution in [3.8, 4) is 0 Å². The number of nitrogens with one attached hydrogen (secondary N) is 2. The third kappa shape index (κ3) is 4.68. The molecule has 0 aliphatic rings. The quantitative estimate of drug-likeness (QED) is 0.866.